The maximum absolute atomic E-state index is 13.4. The fourth-order valence-corrected chi connectivity index (χ4v) is 6.02. The second-order valence-electron chi connectivity index (χ2n) is 12.7. The molecule has 0 aliphatic carbocycles. The molecule has 2 aromatic carbocycles. The van der Waals surface area contributed by atoms with E-state index in [1.54, 1.807) is 48.7 Å². The predicted molar refractivity (Wildman–Crippen MR) is 190 cm³/mol. The van der Waals surface area contributed by atoms with Crippen molar-refractivity contribution < 1.29 is 23.2 Å². The van der Waals surface area contributed by atoms with E-state index in [4.69, 9.17) is 11.5 Å². The first-order chi connectivity index (χ1) is 24.0. The molecule has 50 heavy (non-hydrogen) atoms. The summed E-state index contributed by atoms with van der Waals surface area (Å²) in [7, 11) is 0. The Morgan fingerprint density at radius 1 is 1.00 bits per heavy atom. The maximum Gasteiger partial charge on any atom is 0.277 e. The summed E-state index contributed by atoms with van der Waals surface area (Å²) in [6.07, 6.45) is 6.16. The number of carbonyl (C=O) groups is 3. The minimum Gasteiger partial charge on any atom is -0.387 e. The number of hydrogen-bond donors (Lipinski definition) is 4. The highest BCUT2D eigenvalue weighted by molar-refractivity contribution is 6.08. The molecule has 6 N–H and O–H groups in total. The summed E-state index contributed by atoms with van der Waals surface area (Å²) in [5.74, 6) is -3.80. The number of nitrogens with zero attached hydrogens (tertiary/aromatic N) is 4. The van der Waals surface area contributed by atoms with Gasteiger partial charge in [0.05, 0.1) is 30.7 Å². The zero-order valence-corrected chi connectivity index (χ0v) is 28.5. The summed E-state index contributed by atoms with van der Waals surface area (Å²) < 4.78 is 26.8. The number of hydrogen-bond acceptors (Lipinski definition) is 8. The SMILES string of the molecule is CCCN(CCC)C(=O)C1=Cc2ccc(C(=O)Nc3cnc4c(c3)CN(Cc3ccc(C(=O)NCC(F)(F)CN)cc3)CC4)cc2N=C(N)C1. The van der Waals surface area contributed by atoms with Gasteiger partial charge in [0.1, 0.15) is 5.84 Å². The van der Waals surface area contributed by atoms with Gasteiger partial charge in [0, 0.05) is 73.5 Å². The summed E-state index contributed by atoms with van der Waals surface area (Å²) >= 11 is 0. The van der Waals surface area contributed by atoms with Crippen LogP contribution in [-0.4, -0.2) is 77.0 Å². The Kier molecular flexibility index (Phi) is 11.7. The molecule has 0 spiro atoms. The number of aromatic nitrogens is 1. The first-order valence-corrected chi connectivity index (χ1v) is 16.9. The Bertz CT molecular complexity index is 1790. The van der Waals surface area contributed by atoms with E-state index >= 15 is 0 Å². The number of benzene rings is 2. The number of pyridine rings is 1. The van der Waals surface area contributed by atoms with Gasteiger partial charge in [0.25, 0.3) is 17.7 Å². The number of nitrogens with one attached hydrogen (secondary N) is 2. The van der Waals surface area contributed by atoms with E-state index in [-0.39, 0.29) is 23.8 Å². The number of alkyl halides is 2. The molecule has 2 aliphatic heterocycles. The number of rotatable bonds is 13. The van der Waals surface area contributed by atoms with Crippen LogP contribution < -0.4 is 22.1 Å². The molecule has 5 rings (SSSR count). The number of aliphatic imine (C=N–C) groups is 1. The molecule has 0 radical (unpaired) electrons. The molecule has 3 heterocycles. The molecule has 2 aliphatic rings. The van der Waals surface area contributed by atoms with E-state index in [1.165, 1.54) is 0 Å². The summed E-state index contributed by atoms with van der Waals surface area (Å²) in [6.45, 7) is 5.77. The second kappa shape index (κ2) is 16.1. The number of carbonyl (C=O) groups excluding carboxylic acids is 3. The van der Waals surface area contributed by atoms with Gasteiger partial charge in [-0.1, -0.05) is 32.0 Å². The fraction of sp³-hybridized carbons (Fsp3) is 0.378. The zero-order chi connectivity index (χ0) is 35.8. The minimum absolute atomic E-state index is 0.0478. The van der Waals surface area contributed by atoms with Crippen LogP contribution in [0.15, 0.2) is 65.3 Å². The van der Waals surface area contributed by atoms with E-state index < -0.39 is 24.9 Å². The highest BCUT2D eigenvalue weighted by atomic mass is 19.3. The Labute approximate surface area is 290 Å². The highest BCUT2D eigenvalue weighted by Crippen LogP contribution is 2.29. The smallest absolute Gasteiger partial charge is 0.277 e. The van der Waals surface area contributed by atoms with Crippen LogP contribution in [0.3, 0.4) is 0 Å². The number of halogens is 2. The third-order valence-corrected chi connectivity index (χ3v) is 8.61. The lowest BCUT2D eigenvalue weighted by molar-refractivity contribution is -0.127. The van der Waals surface area contributed by atoms with E-state index in [0.717, 1.165) is 48.2 Å². The molecule has 0 fully saturated rings. The first-order valence-electron chi connectivity index (χ1n) is 16.9. The maximum atomic E-state index is 13.4. The van der Waals surface area contributed by atoms with Gasteiger partial charge in [0.2, 0.25) is 5.91 Å². The van der Waals surface area contributed by atoms with Gasteiger partial charge in [-0.2, -0.15) is 0 Å². The Hall–Kier alpha value is -5.01. The zero-order valence-electron chi connectivity index (χ0n) is 28.5. The van der Waals surface area contributed by atoms with Crippen molar-refractivity contribution in [3.63, 3.8) is 0 Å². The number of fused-ring (bicyclic) bond motifs is 2. The Morgan fingerprint density at radius 2 is 1.72 bits per heavy atom. The lowest BCUT2D eigenvalue weighted by Crippen LogP contribution is -2.41. The van der Waals surface area contributed by atoms with Crippen molar-refractivity contribution in [2.75, 3.05) is 38.0 Å². The standard InChI is InChI=1S/C37H44F2N8O3/c1-3-12-47(13-4-2)36(50)28-15-26-9-10-27(17-32(26)45-33(41)18-28)35(49)44-30-16-29-21-46(14-11-31(29)42-19-30)20-24-5-7-25(8-6-24)34(48)43-23-37(38,39)22-40/h5-10,15-17,19H,3-4,11-14,18,20-23,40H2,1-2H3,(H2,41,45)(H,43,48)(H,44,49). The number of amides is 3. The topological polar surface area (TPSA) is 159 Å². The van der Waals surface area contributed by atoms with Gasteiger partial charge >= 0.3 is 0 Å². The van der Waals surface area contributed by atoms with Crippen LogP contribution >= 0.6 is 0 Å². The first kappa shape index (κ1) is 36.3. The van der Waals surface area contributed by atoms with Crippen LogP contribution in [-0.2, 0) is 24.3 Å². The van der Waals surface area contributed by atoms with E-state index in [1.807, 2.05) is 30.9 Å². The molecule has 0 saturated heterocycles. The molecule has 1 aromatic heterocycles. The number of amidine groups is 1. The lowest BCUT2D eigenvalue weighted by atomic mass is 10.0. The highest BCUT2D eigenvalue weighted by Gasteiger charge is 2.27. The minimum atomic E-state index is -3.15. The summed E-state index contributed by atoms with van der Waals surface area (Å²) in [4.78, 5) is 52.1. The molecule has 264 valence electrons. The largest absolute Gasteiger partial charge is 0.387 e. The average molecular weight is 687 g/mol. The number of anilines is 1. The van der Waals surface area contributed by atoms with Gasteiger partial charge in [-0.15, -0.1) is 0 Å². The third kappa shape index (κ3) is 9.16. The van der Waals surface area contributed by atoms with Crippen LogP contribution in [0.2, 0.25) is 0 Å². The normalized spacial score (nSPS) is 14.4. The van der Waals surface area contributed by atoms with Gasteiger partial charge in [-0.05, 0) is 60.4 Å². The fourth-order valence-electron chi connectivity index (χ4n) is 6.02. The van der Waals surface area contributed by atoms with Crippen molar-refractivity contribution >= 4 is 41.0 Å². The van der Waals surface area contributed by atoms with Crippen molar-refractivity contribution in [2.24, 2.45) is 16.5 Å². The van der Waals surface area contributed by atoms with Crippen LogP contribution in [0.5, 0.6) is 0 Å². The molecular weight excluding hydrogens is 642 g/mol. The molecule has 0 atom stereocenters. The number of nitrogens with two attached hydrogens (primary N) is 2. The molecule has 0 saturated carbocycles. The molecule has 0 bridgehead atoms. The van der Waals surface area contributed by atoms with Crippen molar-refractivity contribution in [1.82, 2.24) is 20.1 Å². The molecule has 3 amide bonds. The molecule has 11 nitrogen and oxygen atoms in total. The van der Waals surface area contributed by atoms with E-state index in [0.29, 0.717) is 54.5 Å². The lowest BCUT2D eigenvalue weighted by Gasteiger charge is -2.28. The summed E-state index contributed by atoms with van der Waals surface area (Å²) in [6, 6.07) is 13.9. The van der Waals surface area contributed by atoms with Crippen LogP contribution in [0, 0.1) is 0 Å². The van der Waals surface area contributed by atoms with Gasteiger partial charge in [-0.25, -0.2) is 13.8 Å². The van der Waals surface area contributed by atoms with Crippen LogP contribution in [0.1, 0.15) is 76.2 Å². The Morgan fingerprint density at radius 3 is 2.42 bits per heavy atom. The monoisotopic (exact) mass is 686 g/mol. The van der Waals surface area contributed by atoms with Gasteiger partial charge in [-0.3, -0.25) is 24.3 Å². The van der Waals surface area contributed by atoms with Gasteiger partial charge in [0.15, 0.2) is 0 Å². The Balaban J connectivity index is 1.22. The van der Waals surface area contributed by atoms with Crippen molar-refractivity contribution in [2.45, 2.75) is 58.5 Å². The predicted octanol–water partition coefficient (Wildman–Crippen LogP) is 4.64. The van der Waals surface area contributed by atoms with Crippen LogP contribution in [0.25, 0.3) is 6.08 Å². The molecule has 3 aromatic rings. The summed E-state index contributed by atoms with van der Waals surface area (Å²) in [5.41, 5.74) is 17.3. The van der Waals surface area contributed by atoms with Crippen molar-refractivity contribution in [1.29, 1.82) is 0 Å². The molecule has 13 heteroatoms. The molecular formula is C37H44F2N8O3. The third-order valence-electron chi connectivity index (χ3n) is 8.61. The molecule has 0 unspecified atom stereocenters. The quantitative estimate of drug-likeness (QED) is 0.204. The summed E-state index contributed by atoms with van der Waals surface area (Å²) in [5, 5.41) is 5.17. The van der Waals surface area contributed by atoms with Crippen molar-refractivity contribution in [3.05, 3.63) is 93.8 Å². The van der Waals surface area contributed by atoms with Gasteiger partial charge < -0.3 is 27.0 Å². The van der Waals surface area contributed by atoms with E-state index in [9.17, 15) is 23.2 Å². The van der Waals surface area contributed by atoms with Crippen molar-refractivity contribution in [3.8, 4) is 0 Å². The average Bonchev–Trinajstić information content (AvgIpc) is 3.28. The van der Waals surface area contributed by atoms with Crippen LogP contribution in [0.4, 0.5) is 20.2 Å². The second-order valence-corrected chi connectivity index (χ2v) is 12.7. The van der Waals surface area contributed by atoms with E-state index in [2.05, 4.69) is 25.5 Å².